The number of rotatable bonds is 7. The van der Waals surface area contributed by atoms with E-state index in [1.54, 1.807) is 11.9 Å². The fourth-order valence-electron chi connectivity index (χ4n) is 2.68. The molecule has 0 saturated heterocycles. The summed E-state index contributed by atoms with van der Waals surface area (Å²) < 4.78 is 0. The summed E-state index contributed by atoms with van der Waals surface area (Å²) in [6.07, 6.45) is 1.70. The molecule has 124 valence electrons. The number of aryl methyl sites for hydroxylation is 1. The van der Waals surface area contributed by atoms with Gasteiger partial charge in [0.25, 0.3) is 11.8 Å². The topological polar surface area (TPSA) is 60.9 Å². The predicted molar refractivity (Wildman–Crippen MR) is 89.4 cm³/mol. The van der Waals surface area contributed by atoms with Crippen molar-refractivity contribution in [2.24, 2.45) is 0 Å². The van der Waals surface area contributed by atoms with Gasteiger partial charge in [-0.3, -0.25) is 14.5 Å². The van der Waals surface area contributed by atoms with E-state index in [1.807, 2.05) is 38.1 Å². The van der Waals surface area contributed by atoms with Crippen LogP contribution in [0.4, 0.5) is 0 Å². The maximum atomic E-state index is 12.8. The SMILES string of the molecule is CCCCN1C(=O)C(c2ccc(C)cc2)=C(N(C)CCO)C1=O. The van der Waals surface area contributed by atoms with Gasteiger partial charge < -0.3 is 10.0 Å². The average molecular weight is 316 g/mol. The number of likely N-dealkylation sites (N-methyl/N-ethyl adjacent to an activating group) is 1. The molecule has 0 atom stereocenters. The van der Waals surface area contributed by atoms with Gasteiger partial charge in [0.2, 0.25) is 0 Å². The van der Waals surface area contributed by atoms with Gasteiger partial charge in [0, 0.05) is 20.1 Å². The highest BCUT2D eigenvalue weighted by molar-refractivity contribution is 6.35. The van der Waals surface area contributed by atoms with E-state index in [-0.39, 0.29) is 18.4 Å². The van der Waals surface area contributed by atoms with Crippen molar-refractivity contribution in [2.45, 2.75) is 26.7 Å². The highest BCUT2D eigenvalue weighted by atomic mass is 16.3. The van der Waals surface area contributed by atoms with Crippen molar-refractivity contribution in [3.63, 3.8) is 0 Å². The number of carbonyl (C=O) groups excluding carboxylic acids is 2. The van der Waals surface area contributed by atoms with Crippen LogP contribution in [0.15, 0.2) is 30.0 Å². The third kappa shape index (κ3) is 3.45. The molecule has 0 aromatic heterocycles. The van der Waals surface area contributed by atoms with E-state index in [1.165, 1.54) is 4.90 Å². The van der Waals surface area contributed by atoms with Crippen LogP contribution in [0.3, 0.4) is 0 Å². The molecule has 0 fully saturated rings. The van der Waals surface area contributed by atoms with Gasteiger partial charge in [0.1, 0.15) is 5.70 Å². The van der Waals surface area contributed by atoms with Gasteiger partial charge in [-0.1, -0.05) is 43.2 Å². The number of benzene rings is 1. The number of nitrogens with zero attached hydrogens (tertiary/aromatic N) is 2. The second kappa shape index (κ2) is 7.42. The second-order valence-corrected chi connectivity index (χ2v) is 5.85. The number of carbonyl (C=O) groups is 2. The molecule has 5 nitrogen and oxygen atoms in total. The Labute approximate surface area is 137 Å². The lowest BCUT2D eigenvalue weighted by Crippen LogP contribution is -2.35. The van der Waals surface area contributed by atoms with Gasteiger partial charge in [0.05, 0.1) is 12.2 Å². The first-order chi connectivity index (χ1) is 11.0. The van der Waals surface area contributed by atoms with Crippen LogP contribution in [0.5, 0.6) is 0 Å². The Kier molecular flexibility index (Phi) is 5.55. The number of unbranched alkanes of at least 4 members (excludes halogenated alkanes) is 1. The van der Waals surface area contributed by atoms with Gasteiger partial charge >= 0.3 is 0 Å². The molecule has 0 bridgehead atoms. The minimum Gasteiger partial charge on any atom is -0.395 e. The third-order valence-electron chi connectivity index (χ3n) is 4.04. The van der Waals surface area contributed by atoms with Gasteiger partial charge in [-0.2, -0.15) is 0 Å². The first-order valence-corrected chi connectivity index (χ1v) is 8.00. The summed E-state index contributed by atoms with van der Waals surface area (Å²) in [6.45, 7) is 4.67. The monoisotopic (exact) mass is 316 g/mol. The fraction of sp³-hybridized carbons (Fsp3) is 0.444. The largest absolute Gasteiger partial charge is 0.395 e. The standard InChI is InChI=1S/C18H24N2O3/c1-4-5-10-20-17(22)15(14-8-6-13(2)7-9-14)16(18(20)23)19(3)11-12-21/h6-9,21H,4-5,10-12H2,1-3H3. The minimum absolute atomic E-state index is 0.0718. The Hall–Kier alpha value is -2.14. The van der Waals surface area contributed by atoms with Gasteiger partial charge in [0.15, 0.2) is 0 Å². The lowest BCUT2D eigenvalue weighted by atomic mass is 10.0. The second-order valence-electron chi connectivity index (χ2n) is 5.85. The molecule has 0 aliphatic carbocycles. The molecule has 23 heavy (non-hydrogen) atoms. The van der Waals surface area contributed by atoms with E-state index in [9.17, 15) is 14.7 Å². The zero-order valence-corrected chi connectivity index (χ0v) is 14.0. The van der Waals surface area contributed by atoms with Crippen LogP contribution in [0.25, 0.3) is 5.57 Å². The number of imide groups is 1. The molecule has 1 heterocycles. The Morgan fingerprint density at radius 3 is 2.35 bits per heavy atom. The average Bonchev–Trinajstić information content (AvgIpc) is 2.77. The molecule has 1 aliphatic rings. The molecule has 0 saturated carbocycles. The summed E-state index contributed by atoms with van der Waals surface area (Å²) in [6, 6.07) is 7.59. The van der Waals surface area contributed by atoms with Gasteiger partial charge in [-0.05, 0) is 18.9 Å². The molecule has 0 spiro atoms. The normalized spacial score (nSPS) is 14.9. The molecular formula is C18H24N2O3. The molecule has 1 N–H and O–H groups in total. The lowest BCUT2D eigenvalue weighted by Gasteiger charge is -2.20. The van der Waals surface area contributed by atoms with Crippen molar-refractivity contribution in [1.29, 1.82) is 0 Å². The molecule has 0 unspecified atom stereocenters. The number of aliphatic hydroxyl groups is 1. The zero-order chi connectivity index (χ0) is 17.0. The highest BCUT2D eigenvalue weighted by Gasteiger charge is 2.40. The van der Waals surface area contributed by atoms with E-state index >= 15 is 0 Å². The summed E-state index contributed by atoms with van der Waals surface area (Å²) in [5.74, 6) is -0.512. The number of amides is 2. The summed E-state index contributed by atoms with van der Waals surface area (Å²) in [4.78, 5) is 28.5. The minimum atomic E-state index is -0.269. The van der Waals surface area contributed by atoms with E-state index in [0.717, 1.165) is 24.0 Å². The molecule has 1 aromatic rings. The van der Waals surface area contributed by atoms with Crippen molar-refractivity contribution in [3.8, 4) is 0 Å². The maximum Gasteiger partial charge on any atom is 0.277 e. The first kappa shape index (κ1) is 17.2. The third-order valence-corrected chi connectivity index (χ3v) is 4.04. The van der Waals surface area contributed by atoms with Crippen molar-refractivity contribution in [3.05, 3.63) is 41.1 Å². The van der Waals surface area contributed by atoms with E-state index in [0.29, 0.717) is 24.4 Å². The van der Waals surface area contributed by atoms with Crippen molar-refractivity contribution in [1.82, 2.24) is 9.80 Å². The summed E-state index contributed by atoms with van der Waals surface area (Å²) >= 11 is 0. The van der Waals surface area contributed by atoms with E-state index in [4.69, 9.17) is 0 Å². The quantitative estimate of drug-likeness (QED) is 0.779. The van der Waals surface area contributed by atoms with Crippen molar-refractivity contribution in [2.75, 3.05) is 26.7 Å². The van der Waals surface area contributed by atoms with Crippen molar-refractivity contribution >= 4 is 17.4 Å². The van der Waals surface area contributed by atoms with Gasteiger partial charge in [-0.15, -0.1) is 0 Å². The predicted octanol–water partition coefficient (Wildman–Crippen LogP) is 1.80. The Morgan fingerprint density at radius 2 is 1.78 bits per heavy atom. The number of hydrogen-bond acceptors (Lipinski definition) is 4. The van der Waals surface area contributed by atoms with Gasteiger partial charge in [-0.25, -0.2) is 0 Å². The molecule has 1 aliphatic heterocycles. The summed E-state index contributed by atoms with van der Waals surface area (Å²) in [5.41, 5.74) is 2.65. The maximum absolute atomic E-state index is 12.8. The van der Waals surface area contributed by atoms with E-state index in [2.05, 4.69) is 0 Å². The van der Waals surface area contributed by atoms with Crippen LogP contribution in [0.1, 0.15) is 30.9 Å². The fourth-order valence-corrected chi connectivity index (χ4v) is 2.68. The summed E-state index contributed by atoms with van der Waals surface area (Å²) in [5, 5.41) is 9.18. The molecular weight excluding hydrogens is 292 g/mol. The van der Waals surface area contributed by atoms with Crippen LogP contribution >= 0.6 is 0 Å². The first-order valence-electron chi connectivity index (χ1n) is 8.00. The van der Waals surface area contributed by atoms with Crippen LogP contribution in [0, 0.1) is 6.92 Å². The van der Waals surface area contributed by atoms with Crippen LogP contribution < -0.4 is 0 Å². The highest BCUT2D eigenvalue weighted by Crippen LogP contribution is 2.31. The van der Waals surface area contributed by atoms with Crippen LogP contribution in [-0.4, -0.2) is 53.5 Å². The lowest BCUT2D eigenvalue weighted by molar-refractivity contribution is -0.137. The smallest absolute Gasteiger partial charge is 0.277 e. The molecule has 2 amide bonds. The summed E-state index contributed by atoms with van der Waals surface area (Å²) in [7, 11) is 1.73. The zero-order valence-electron chi connectivity index (χ0n) is 14.0. The molecule has 0 radical (unpaired) electrons. The van der Waals surface area contributed by atoms with Crippen LogP contribution in [-0.2, 0) is 9.59 Å². The number of aliphatic hydroxyl groups excluding tert-OH is 1. The molecule has 5 heteroatoms. The molecule has 2 rings (SSSR count). The number of hydrogen-bond donors (Lipinski definition) is 1. The van der Waals surface area contributed by atoms with E-state index < -0.39 is 0 Å². The van der Waals surface area contributed by atoms with Crippen LogP contribution in [0.2, 0.25) is 0 Å². The Balaban J connectivity index is 2.46. The molecule has 1 aromatic carbocycles. The Morgan fingerprint density at radius 1 is 1.13 bits per heavy atom. The Bertz CT molecular complexity index is 620. The van der Waals surface area contributed by atoms with Crippen molar-refractivity contribution < 1.29 is 14.7 Å².